The fourth-order valence-corrected chi connectivity index (χ4v) is 7.51. The fraction of sp³-hybridized carbons (Fsp3) is 0. The third kappa shape index (κ3) is 3.03. The van der Waals surface area contributed by atoms with E-state index in [0.29, 0.717) is 0 Å². The molecule has 9 rings (SSSR count). The molecule has 2 heterocycles. The van der Waals surface area contributed by atoms with Crippen LogP contribution in [-0.2, 0) is 0 Å². The van der Waals surface area contributed by atoms with Crippen LogP contribution in [0.2, 0.25) is 0 Å². The first-order chi connectivity index (χ1) is 19.8. The number of para-hydroxylation sites is 1. The van der Waals surface area contributed by atoms with Gasteiger partial charge in [0.25, 0.3) is 0 Å². The van der Waals surface area contributed by atoms with Gasteiger partial charge in [0.05, 0.1) is 0 Å². The normalized spacial score (nSPS) is 12.0. The van der Waals surface area contributed by atoms with Gasteiger partial charge in [-0.25, -0.2) is 0 Å². The largest absolute Gasteiger partial charge is 0.455 e. The highest BCUT2D eigenvalue weighted by molar-refractivity contribution is 7.18. The standard InChI is InChI=1S/C38H22OS/c1-2-10-24-21-25(18-17-23(24)9-1)35-27-12-3-5-14-29(27)36(30-15-6-4-13-28(30)35)32-22-40-34-20-19-31-26-11-7-8-16-33(26)39-38(31)37(32)34/h1-22H. The van der Waals surface area contributed by atoms with Crippen LogP contribution < -0.4 is 0 Å². The first-order valence-electron chi connectivity index (χ1n) is 13.6. The van der Waals surface area contributed by atoms with Crippen LogP contribution in [0.1, 0.15) is 0 Å². The first kappa shape index (κ1) is 22.0. The molecule has 2 heteroatoms. The summed E-state index contributed by atoms with van der Waals surface area (Å²) in [6.07, 6.45) is 0. The molecule has 40 heavy (non-hydrogen) atoms. The molecule has 1 nitrogen and oxygen atoms in total. The van der Waals surface area contributed by atoms with Gasteiger partial charge >= 0.3 is 0 Å². The molecular weight excluding hydrogens is 504 g/mol. The van der Waals surface area contributed by atoms with Crippen LogP contribution in [-0.4, -0.2) is 0 Å². The van der Waals surface area contributed by atoms with Crippen molar-refractivity contribution in [2.24, 2.45) is 0 Å². The van der Waals surface area contributed by atoms with Crippen LogP contribution >= 0.6 is 11.3 Å². The minimum Gasteiger partial charge on any atom is -0.455 e. The molecule has 0 saturated heterocycles. The van der Waals surface area contributed by atoms with E-state index in [9.17, 15) is 0 Å². The molecule has 7 aromatic carbocycles. The Kier molecular flexibility index (Phi) is 4.55. The number of benzene rings is 7. The lowest BCUT2D eigenvalue weighted by atomic mass is 9.85. The van der Waals surface area contributed by atoms with Crippen LogP contribution in [0.3, 0.4) is 0 Å². The Morgan fingerprint density at radius 3 is 1.85 bits per heavy atom. The smallest absolute Gasteiger partial charge is 0.144 e. The van der Waals surface area contributed by atoms with E-state index in [0.717, 1.165) is 16.6 Å². The first-order valence-corrected chi connectivity index (χ1v) is 14.5. The Morgan fingerprint density at radius 1 is 0.475 bits per heavy atom. The van der Waals surface area contributed by atoms with Crippen LogP contribution in [0.4, 0.5) is 0 Å². The van der Waals surface area contributed by atoms with Crippen LogP contribution in [0.15, 0.2) is 137 Å². The Balaban J connectivity index is 1.43. The third-order valence-electron chi connectivity index (χ3n) is 8.32. The Labute approximate surface area is 234 Å². The predicted molar refractivity (Wildman–Crippen MR) is 172 cm³/mol. The molecule has 0 fully saturated rings. The highest BCUT2D eigenvalue weighted by atomic mass is 32.1. The second-order valence-corrected chi connectivity index (χ2v) is 11.4. The van der Waals surface area contributed by atoms with Crippen LogP contribution in [0.25, 0.3) is 86.6 Å². The quantitative estimate of drug-likeness (QED) is 0.204. The summed E-state index contributed by atoms with van der Waals surface area (Å²) in [6, 6.07) is 46.0. The van der Waals surface area contributed by atoms with Gasteiger partial charge in [-0.05, 0) is 78.7 Å². The average Bonchev–Trinajstić information content (AvgIpc) is 3.61. The van der Waals surface area contributed by atoms with Crippen molar-refractivity contribution in [2.75, 3.05) is 0 Å². The molecule has 0 amide bonds. The monoisotopic (exact) mass is 526 g/mol. The number of thiophene rings is 1. The van der Waals surface area contributed by atoms with Crippen molar-refractivity contribution in [1.29, 1.82) is 0 Å². The van der Waals surface area contributed by atoms with Gasteiger partial charge in [0, 0.05) is 26.4 Å². The predicted octanol–water partition coefficient (Wildman–Crippen LogP) is 11.6. The molecule has 0 spiro atoms. The van der Waals surface area contributed by atoms with Gasteiger partial charge in [-0.2, -0.15) is 0 Å². The van der Waals surface area contributed by atoms with Gasteiger partial charge in [-0.1, -0.05) is 103 Å². The number of hydrogen-bond donors (Lipinski definition) is 0. The maximum absolute atomic E-state index is 6.55. The second-order valence-electron chi connectivity index (χ2n) is 10.5. The highest BCUT2D eigenvalue weighted by Gasteiger charge is 2.21. The van der Waals surface area contributed by atoms with Crippen molar-refractivity contribution in [3.8, 4) is 22.3 Å². The molecule has 0 saturated carbocycles. The van der Waals surface area contributed by atoms with E-state index in [-0.39, 0.29) is 0 Å². The summed E-state index contributed by atoms with van der Waals surface area (Å²) in [7, 11) is 0. The highest BCUT2D eigenvalue weighted by Crippen LogP contribution is 2.49. The van der Waals surface area contributed by atoms with Gasteiger partial charge in [0.1, 0.15) is 11.2 Å². The molecular formula is C38H22OS. The van der Waals surface area contributed by atoms with Crippen LogP contribution in [0.5, 0.6) is 0 Å². The van der Waals surface area contributed by atoms with Gasteiger partial charge in [0.2, 0.25) is 0 Å². The van der Waals surface area contributed by atoms with E-state index in [1.807, 2.05) is 6.07 Å². The molecule has 186 valence electrons. The van der Waals surface area contributed by atoms with E-state index in [2.05, 4.69) is 127 Å². The Hall–Kier alpha value is -4.92. The Morgan fingerprint density at radius 2 is 1.10 bits per heavy atom. The van der Waals surface area contributed by atoms with Gasteiger partial charge in [-0.3, -0.25) is 0 Å². The zero-order chi connectivity index (χ0) is 26.2. The van der Waals surface area contributed by atoms with Crippen molar-refractivity contribution >= 4 is 75.7 Å². The SMILES string of the molecule is c1ccc2cc(-c3c4ccccc4c(-c4csc5ccc6c7ccccc7oc6c45)c4ccccc34)ccc2c1. The number of hydrogen-bond acceptors (Lipinski definition) is 2. The summed E-state index contributed by atoms with van der Waals surface area (Å²) < 4.78 is 7.79. The summed E-state index contributed by atoms with van der Waals surface area (Å²) in [5, 5.41) is 13.4. The van der Waals surface area contributed by atoms with Crippen molar-refractivity contribution in [1.82, 2.24) is 0 Å². The summed E-state index contributed by atoms with van der Waals surface area (Å²) in [4.78, 5) is 0. The van der Waals surface area contributed by atoms with Crippen molar-refractivity contribution in [3.63, 3.8) is 0 Å². The summed E-state index contributed by atoms with van der Waals surface area (Å²) in [5.41, 5.74) is 6.95. The number of rotatable bonds is 2. The van der Waals surface area contributed by atoms with E-state index < -0.39 is 0 Å². The zero-order valence-electron chi connectivity index (χ0n) is 21.5. The van der Waals surface area contributed by atoms with Gasteiger partial charge in [-0.15, -0.1) is 11.3 Å². The lowest BCUT2D eigenvalue weighted by Gasteiger charge is -2.17. The molecule has 0 N–H and O–H groups in total. The minimum atomic E-state index is 0.934. The van der Waals surface area contributed by atoms with E-state index in [1.54, 1.807) is 11.3 Å². The van der Waals surface area contributed by atoms with Gasteiger partial charge < -0.3 is 4.42 Å². The van der Waals surface area contributed by atoms with Crippen molar-refractivity contribution < 1.29 is 4.42 Å². The summed E-state index contributed by atoms with van der Waals surface area (Å²) >= 11 is 1.79. The lowest BCUT2D eigenvalue weighted by Crippen LogP contribution is -1.90. The molecule has 0 aliphatic rings. The molecule has 0 bridgehead atoms. The molecule has 9 aromatic rings. The van der Waals surface area contributed by atoms with Crippen LogP contribution in [0, 0.1) is 0 Å². The van der Waals surface area contributed by atoms with E-state index in [4.69, 9.17) is 4.42 Å². The Bertz CT molecular complexity index is 2380. The maximum atomic E-state index is 6.55. The molecule has 0 aliphatic carbocycles. The van der Waals surface area contributed by atoms with E-state index in [1.165, 1.54) is 70.0 Å². The van der Waals surface area contributed by atoms with E-state index >= 15 is 0 Å². The molecule has 2 aromatic heterocycles. The summed E-state index contributed by atoms with van der Waals surface area (Å²) in [5.74, 6) is 0. The van der Waals surface area contributed by atoms with Crippen molar-refractivity contribution in [2.45, 2.75) is 0 Å². The number of fused-ring (bicyclic) bond motifs is 8. The third-order valence-corrected chi connectivity index (χ3v) is 9.27. The molecule has 0 atom stereocenters. The van der Waals surface area contributed by atoms with Gasteiger partial charge in [0.15, 0.2) is 0 Å². The fourth-order valence-electron chi connectivity index (χ4n) is 6.56. The topological polar surface area (TPSA) is 13.1 Å². The minimum absolute atomic E-state index is 0.934. The molecule has 0 aliphatic heterocycles. The summed E-state index contributed by atoms with van der Waals surface area (Å²) in [6.45, 7) is 0. The van der Waals surface area contributed by atoms with Crippen molar-refractivity contribution in [3.05, 3.63) is 133 Å². The molecule has 0 unspecified atom stereocenters. The lowest BCUT2D eigenvalue weighted by molar-refractivity contribution is 0.673. The second kappa shape index (κ2) is 8.29. The maximum Gasteiger partial charge on any atom is 0.144 e. The number of furan rings is 1. The average molecular weight is 527 g/mol. The molecule has 0 radical (unpaired) electrons. The zero-order valence-corrected chi connectivity index (χ0v) is 22.3.